The maximum atomic E-state index is 11.2. The van der Waals surface area contributed by atoms with E-state index in [-0.39, 0.29) is 30.6 Å². The summed E-state index contributed by atoms with van der Waals surface area (Å²) in [6.45, 7) is 9.56. The van der Waals surface area contributed by atoms with Crippen LogP contribution in [0.2, 0.25) is 15.1 Å². The van der Waals surface area contributed by atoms with Crippen LogP contribution in [-0.2, 0) is 4.79 Å². The molecule has 9 heteroatoms. The van der Waals surface area contributed by atoms with E-state index in [1.165, 1.54) is 19.3 Å². The topological polar surface area (TPSA) is 26.8 Å². The fourth-order valence-corrected chi connectivity index (χ4v) is 4.74. The van der Waals surface area contributed by atoms with Crippen LogP contribution < -0.4 is 4.90 Å². The second kappa shape index (κ2) is 12.8. The summed E-state index contributed by atoms with van der Waals surface area (Å²) in [5.41, 5.74) is 0.976. The molecule has 2 saturated heterocycles. The van der Waals surface area contributed by atoms with E-state index in [2.05, 4.69) is 14.7 Å². The fraction of sp³-hybridized carbons (Fsp3) is 0.650. The Balaban J connectivity index is 0.00000210. The number of piperazine rings is 1. The van der Waals surface area contributed by atoms with Crippen LogP contribution in [0.3, 0.4) is 0 Å². The van der Waals surface area contributed by atoms with E-state index in [4.69, 9.17) is 34.8 Å². The van der Waals surface area contributed by atoms with E-state index in [0.717, 1.165) is 57.4 Å². The Hall–Kier alpha value is 0.0600. The molecule has 0 amide bonds. The lowest BCUT2D eigenvalue weighted by atomic mass is 9.93. The molecular formula is C20H30Cl5N3O. The largest absolute Gasteiger partial charge is 0.368 e. The summed E-state index contributed by atoms with van der Waals surface area (Å²) in [4.78, 5) is 18.4. The van der Waals surface area contributed by atoms with Crippen molar-refractivity contribution in [3.05, 3.63) is 27.2 Å². The van der Waals surface area contributed by atoms with Crippen molar-refractivity contribution in [2.45, 2.75) is 26.2 Å². The number of likely N-dealkylation sites (tertiary alicyclic amines) is 1. The van der Waals surface area contributed by atoms with Crippen molar-refractivity contribution in [2.24, 2.45) is 5.92 Å². The Morgan fingerprint density at radius 2 is 1.48 bits per heavy atom. The summed E-state index contributed by atoms with van der Waals surface area (Å²) in [6, 6.07) is 3.60. The third-order valence-electron chi connectivity index (χ3n) is 5.71. The Bertz CT molecular complexity index is 660. The minimum Gasteiger partial charge on any atom is -0.368 e. The number of piperidine rings is 1. The van der Waals surface area contributed by atoms with Crippen LogP contribution in [0.1, 0.15) is 26.2 Å². The van der Waals surface area contributed by atoms with Crippen LogP contribution in [0.25, 0.3) is 0 Å². The normalized spacial score (nSPS) is 18.8. The van der Waals surface area contributed by atoms with Crippen molar-refractivity contribution in [1.29, 1.82) is 0 Å². The number of nitrogens with zero attached hydrogens (tertiary/aromatic N) is 3. The van der Waals surface area contributed by atoms with Gasteiger partial charge < -0.3 is 4.90 Å². The molecule has 4 nitrogen and oxygen atoms in total. The monoisotopic (exact) mass is 503 g/mol. The summed E-state index contributed by atoms with van der Waals surface area (Å²) < 4.78 is 0. The first-order chi connectivity index (χ1) is 12.9. The number of hydrogen-bond donors (Lipinski definition) is 0. The van der Waals surface area contributed by atoms with Crippen LogP contribution in [0.15, 0.2) is 12.1 Å². The average molecular weight is 506 g/mol. The highest BCUT2D eigenvalue weighted by Crippen LogP contribution is 2.35. The van der Waals surface area contributed by atoms with Gasteiger partial charge >= 0.3 is 0 Å². The van der Waals surface area contributed by atoms with Gasteiger partial charge in [0.2, 0.25) is 0 Å². The highest BCUT2D eigenvalue weighted by atomic mass is 35.5. The third-order valence-corrected chi connectivity index (χ3v) is 6.73. The molecule has 2 heterocycles. The molecule has 29 heavy (non-hydrogen) atoms. The van der Waals surface area contributed by atoms with Crippen molar-refractivity contribution in [2.75, 3.05) is 57.3 Å². The summed E-state index contributed by atoms with van der Waals surface area (Å²) in [6.07, 6.45) is 3.68. The van der Waals surface area contributed by atoms with Gasteiger partial charge in [0.1, 0.15) is 5.78 Å². The third kappa shape index (κ3) is 7.92. The molecule has 1 aromatic rings. The van der Waals surface area contributed by atoms with Crippen molar-refractivity contribution in [3.63, 3.8) is 0 Å². The molecule has 0 atom stereocenters. The van der Waals surface area contributed by atoms with E-state index in [1.54, 1.807) is 13.0 Å². The quantitative estimate of drug-likeness (QED) is 0.490. The molecule has 0 unspecified atom stereocenters. The maximum Gasteiger partial charge on any atom is 0.143 e. The molecule has 0 radical (unpaired) electrons. The molecule has 0 aromatic heterocycles. The first-order valence-electron chi connectivity index (χ1n) is 9.76. The van der Waals surface area contributed by atoms with Gasteiger partial charge in [-0.2, -0.15) is 0 Å². The molecule has 0 spiro atoms. The number of halogens is 5. The van der Waals surface area contributed by atoms with Gasteiger partial charge in [-0.3, -0.25) is 14.6 Å². The lowest BCUT2D eigenvalue weighted by Gasteiger charge is -2.38. The number of Topliss-reactive ketones (excluding diaryl/α,β-unsaturated/α-hetero) is 1. The Kier molecular flexibility index (Phi) is 12.0. The minimum absolute atomic E-state index is 0. The van der Waals surface area contributed by atoms with Gasteiger partial charge in [-0.1, -0.05) is 34.8 Å². The van der Waals surface area contributed by atoms with Gasteiger partial charge in [0, 0.05) is 26.2 Å². The van der Waals surface area contributed by atoms with Crippen LogP contribution in [0, 0.1) is 5.92 Å². The van der Waals surface area contributed by atoms with Gasteiger partial charge in [-0.05, 0) is 63.9 Å². The molecular weight excluding hydrogens is 476 g/mol. The summed E-state index contributed by atoms with van der Waals surface area (Å²) in [5.74, 6) is 1.06. The molecule has 2 fully saturated rings. The lowest BCUT2D eigenvalue weighted by molar-refractivity contribution is -0.118. The van der Waals surface area contributed by atoms with Crippen molar-refractivity contribution in [3.8, 4) is 0 Å². The number of hydrogen-bond acceptors (Lipinski definition) is 4. The molecule has 0 aliphatic carbocycles. The number of ketones is 1. The van der Waals surface area contributed by atoms with E-state index in [1.807, 2.05) is 6.07 Å². The molecule has 0 N–H and O–H groups in total. The highest BCUT2D eigenvalue weighted by Gasteiger charge is 2.23. The first-order valence-corrected chi connectivity index (χ1v) is 10.9. The van der Waals surface area contributed by atoms with Gasteiger partial charge in [-0.15, -0.1) is 24.8 Å². The Morgan fingerprint density at radius 1 is 0.897 bits per heavy atom. The highest BCUT2D eigenvalue weighted by molar-refractivity contribution is 6.44. The standard InChI is InChI=1S/C20H28Cl3N3O.2ClH/c1-15(27)14-25-6-3-16(4-7-25)2-5-24-8-10-26(11-9-24)20-13-18(22)17(21)12-19(20)23;;/h12-13,16H,2-11,14H2,1H3;2*1H. The molecule has 1 aromatic carbocycles. The Labute approximate surface area is 201 Å². The molecule has 0 bridgehead atoms. The molecule has 2 aliphatic heterocycles. The first kappa shape index (κ1) is 27.1. The smallest absolute Gasteiger partial charge is 0.143 e. The molecule has 3 rings (SSSR count). The fourth-order valence-electron chi connectivity index (χ4n) is 4.08. The summed E-state index contributed by atoms with van der Waals surface area (Å²) in [5, 5.41) is 1.71. The van der Waals surface area contributed by atoms with E-state index >= 15 is 0 Å². The van der Waals surface area contributed by atoms with Crippen molar-refractivity contribution < 1.29 is 4.79 Å². The predicted molar refractivity (Wildman–Crippen MR) is 129 cm³/mol. The van der Waals surface area contributed by atoms with Gasteiger partial charge in [0.25, 0.3) is 0 Å². The van der Waals surface area contributed by atoms with Crippen LogP contribution in [0.5, 0.6) is 0 Å². The van der Waals surface area contributed by atoms with Crippen LogP contribution in [-0.4, -0.2) is 67.9 Å². The lowest BCUT2D eigenvalue weighted by Crippen LogP contribution is -2.47. The van der Waals surface area contributed by atoms with Gasteiger partial charge in [0.05, 0.1) is 27.3 Å². The molecule has 0 saturated carbocycles. The average Bonchev–Trinajstić information content (AvgIpc) is 2.64. The maximum absolute atomic E-state index is 11.2. The second-order valence-corrected chi connectivity index (χ2v) is 8.98. The second-order valence-electron chi connectivity index (χ2n) is 7.76. The molecule has 2 aliphatic rings. The number of carbonyl (C=O) groups is 1. The summed E-state index contributed by atoms with van der Waals surface area (Å²) >= 11 is 18.5. The van der Waals surface area contributed by atoms with Crippen molar-refractivity contribution >= 4 is 71.1 Å². The van der Waals surface area contributed by atoms with E-state index < -0.39 is 0 Å². The zero-order chi connectivity index (χ0) is 19.4. The van der Waals surface area contributed by atoms with Crippen LogP contribution in [0.4, 0.5) is 5.69 Å². The van der Waals surface area contributed by atoms with Gasteiger partial charge in [0.15, 0.2) is 0 Å². The number of anilines is 1. The zero-order valence-electron chi connectivity index (χ0n) is 16.7. The Morgan fingerprint density at radius 3 is 2.07 bits per heavy atom. The van der Waals surface area contributed by atoms with Crippen LogP contribution >= 0.6 is 59.6 Å². The van der Waals surface area contributed by atoms with E-state index in [0.29, 0.717) is 21.6 Å². The van der Waals surface area contributed by atoms with E-state index in [9.17, 15) is 4.79 Å². The van der Waals surface area contributed by atoms with Crippen molar-refractivity contribution in [1.82, 2.24) is 9.80 Å². The predicted octanol–water partition coefficient (Wildman–Crippen LogP) is 5.30. The number of benzene rings is 1. The summed E-state index contributed by atoms with van der Waals surface area (Å²) in [7, 11) is 0. The van der Waals surface area contributed by atoms with Gasteiger partial charge in [-0.25, -0.2) is 0 Å². The minimum atomic E-state index is 0. The molecule has 166 valence electrons. The zero-order valence-corrected chi connectivity index (χ0v) is 20.6. The number of rotatable bonds is 6. The number of carbonyl (C=O) groups excluding carboxylic acids is 1. The SMILES string of the molecule is CC(=O)CN1CCC(CCN2CCN(c3cc(Cl)c(Cl)cc3Cl)CC2)CC1.Cl.Cl.